The highest BCUT2D eigenvalue weighted by molar-refractivity contribution is 7.89. The zero-order valence-electron chi connectivity index (χ0n) is 12.1. The maximum atomic E-state index is 12.5. The van der Waals surface area contributed by atoms with Gasteiger partial charge in [0.2, 0.25) is 10.0 Å². The lowest BCUT2D eigenvalue weighted by molar-refractivity contribution is -0.385. The molecule has 1 aromatic carbocycles. The summed E-state index contributed by atoms with van der Waals surface area (Å²) in [6, 6.07) is 4.81. The van der Waals surface area contributed by atoms with E-state index in [1.165, 1.54) is 29.9 Å². The van der Waals surface area contributed by atoms with Gasteiger partial charge in [0.1, 0.15) is 10.2 Å². The van der Waals surface area contributed by atoms with Gasteiger partial charge in [-0.05, 0) is 6.07 Å². The normalized spacial score (nSPS) is 11.9. The van der Waals surface area contributed by atoms with E-state index in [2.05, 4.69) is 5.10 Å². The number of nitrogens with zero attached hydrogens (tertiary/aromatic N) is 4. The van der Waals surface area contributed by atoms with Gasteiger partial charge in [-0.3, -0.25) is 14.8 Å². The Bertz CT molecular complexity index is 866. The Hall–Kier alpha value is -1.68. The lowest BCUT2D eigenvalue weighted by Crippen LogP contribution is -2.27. The minimum absolute atomic E-state index is 0.121. The molecule has 0 saturated heterocycles. The first kappa shape index (κ1) is 17.7. The molecule has 0 amide bonds. The minimum atomic E-state index is -3.94. The van der Waals surface area contributed by atoms with Gasteiger partial charge in [-0.25, -0.2) is 8.42 Å². The van der Waals surface area contributed by atoms with Crippen LogP contribution in [-0.2, 0) is 23.6 Å². The van der Waals surface area contributed by atoms with Gasteiger partial charge < -0.3 is 0 Å². The standard InChI is InChI=1S/C12H12Cl2N4O4S/c1-16(7-10-11(13)12(14)17(2)15-10)23(21,22)9-5-3-4-8(6-9)18(19)20/h3-6H,7H2,1-2H3. The topological polar surface area (TPSA) is 98.3 Å². The molecule has 0 atom stereocenters. The summed E-state index contributed by atoms with van der Waals surface area (Å²) in [5, 5.41) is 15.2. The zero-order valence-corrected chi connectivity index (χ0v) is 14.4. The molecule has 1 aromatic heterocycles. The van der Waals surface area contributed by atoms with Gasteiger partial charge in [-0.2, -0.15) is 9.40 Å². The molecular formula is C12H12Cl2N4O4S. The number of hydrogen-bond acceptors (Lipinski definition) is 5. The number of nitro benzene ring substituents is 1. The average Bonchev–Trinajstić information content (AvgIpc) is 2.74. The second-order valence-electron chi connectivity index (χ2n) is 4.69. The van der Waals surface area contributed by atoms with E-state index in [-0.39, 0.29) is 33.0 Å². The predicted molar refractivity (Wildman–Crippen MR) is 85.0 cm³/mol. The van der Waals surface area contributed by atoms with Crippen molar-refractivity contribution in [3.05, 3.63) is 50.2 Å². The molecule has 124 valence electrons. The number of halogens is 2. The SMILES string of the molecule is CN(Cc1nn(C)c(Cl)c1Cl)S(=O)(=O)c1cccc([N+](=O)[O-])c1. The Labute approximate surface area is 142 Å². The molecule has 0 aliphatic carbocycles. The van der Waals surface area contributed by atoms with Crippen LogP contribution in [0.1, 0.15) is 5.69 Å². The molecule has 0 aliphatic heterocycles. The number of aryl methyl sites for hydroxylation is 1. The summed E-state index contributed by atoms with van der Waals surface area (Å²) in [6.07, 6.45) is 0. The van der Waals surface area contributed by atoms with E-state index in [1.54, 1.807) is 7.05 Å². The van der Waals surface area contributed by atoms with Crippen molar-refractivity contribution in [3.8, 4) is 0 Å². The second-order valence-corrected chi connectivity index (χ2v) is 7.47. The largest absolute Gasteiger partial charge is 0.270 e. The molecule has 2 rings (SSSR count). The van der Waals surface area contributed by atoms with Crippen LogP contribution in [0.2, 0.25) is 10.2 Å². The summed E-state index contributed by atoms with van der Waals surface area (Å²) in [6.45, 7) is -0.121. The summed E-state index contributed by atoms with van der Waals surface area (Å²) in [5.41, 5.74) is -0.0194. The molecule has 11 heteroatoms. The summed E-state index contributed by atoms with van der Waals surface area (Å²) >= 11 is 11.9. The van der Waals surface area contributed by atoms with Crippen LogP contribution in [0.3, 0.4) is 0 Å². The van der Waals surface area contributed by atoms with Crippen molar-refractivity contribution in [2.75, 3.05) is 7.05 Å². The Morgan fingerprint density at radius 3 is 2.57 bits per heavy atom. The lowest BCUT2D eigenvalue weighted by Gasteiger charge is -2.16. The van der Waals surface area contributed by atoms with E-state index in [1.807, 2.05) is 0 Å². The molecule has 2 aromatic rings. The molecular weight excluding hydrogens is 367 g/mol. The Balaban J connectivity index is 2.33. The lowest BCUT2D eigenvalue weighted by atomic mass is 10.3. The monoisotopic (exact) mass is 378 g/mol. The molecule has 0 N–H and O–H groups in total. The smallest absolute Gasteiger partial charge is 0.258 e. The van der Waals surface area contributed by atoms with Crippen LogP contribution < -0.4 is 0 Å². The number of nitro groups is 1. The molecule has 8 nitrogen and oxygen atoms in total. The number of aromatic nitrogens is 2. The number of sulfonamides is 1. The fraction of sp³-hybridized carbons (Fsp3) is 0.250. The van der Waals surface area contributed by atoms with Gasteiger partial charge in [0.05, 0.1) is 22.1 Å². The molecule has 0 radical (unpaired) electrons. The minimum Gasteiger partial charge on any atom is -0.258 e. The van der Waals surface area contributed by atoms with E-state index >= 15 is 0 Å². The Kier molecular flexibility index (Phi) is 4.95. The summed E-state index contributed by atoms with van der Waals surface area (Å²) in [4.78, 5) is 9.93. The van der Waals surface area contributed by atoms with Crippen LogP contribution >= 0.6 is 23.2 Å². The van der Waals surface area contributed by atoms with Crippen LogP contribution in [0.25, 0.3) is 0 Å². The molecule has 0 spiro atoms. The number of non-ortho nitro benzene ring substituents is 1. The van der Waals surface area contributed by atoms with Crippen molar-refractivity contribution < 1.29 is 13.3 Å². The number of hydrogen-bond donors (Lipinski definition) is 0. The maximum absolute atomic E-state index is 12.5. The Morgan fingerprint density at radius 1 is 1.39 bits per heavy atom. The zero-order chi connectivity index (χ0) is 17.4. The highest BCUT2D eigenvalue weighted by atomic mass is 35.5. The van der Waals surface area contributed by atoms with Crippen LogP contribution in [0.4, 0.5) is 5.69 Å². The first-order valence-corrected chi connectivity index (χ1v) is 8.42. The van der Waals surface area contributed by atoms with Crippen molar-refractivity contribution in [1.82, 2.24) is 14.1 Å². The van der Waals surface area contributed by atoms with Crippen LogP contribution in [0, 0.1) is 10.1 Å². The predicted octanol–water partition coefficient (Wildman–Crippen LogP) is 2.46. The van der Waals surface area contributed by atoms with E-state index in [0.29, 0.717) is 0 Å². The fourth-order valence-electron chi connectivity index (χ4n) is 1.86. The van der Waals surface area contributed by atoms with E-state index in [4.69, 9.17) is 23.2 Å². The summed E-state index contributed by atoms with van der Waals surface area (Å²) in [5.74, 6) is 0. The van der Waals surface area contributed by atoms with Gasteiger partial charge in [0, 0.05) is 26.2 Å². The van der Waals surface area contributed by atoms with Gasteiger partial charge in [0.15, 0.2) is 0 Å². The van der Waals surface area contributed by atoms with Crippen molar-refractivity contribution in [2.45, 2.75) is 11.4 Å². The molecule has 23 heavy (non-hydrogen) atoms. The van der Waals surface area contributed by atoms with Crippen molar-refractivity contribution >= 4 is 38.9 Å². The van der Waals surface area contributed by atoms with E-state index in [9.17, 15) is 18.5 Å². The average molecular weight is 379 g/mol. The summed E-state index contributed by atoms with van der Waals surface area (Å²) < 4.78 is 27.3. The van der Waals surface area contributed by atoms with Gasteiger partial charge in [0.25, 0.3) is 5.69 Å². The maximum Gasteiger partial charge on any atom is 0.270 e. The van der Waals surface area contributed by atoms with Crippen molar-refractivity contribution in [3.63, 3.8) is 0 Å². The molecule has 0 unspecified atom stereocenters. The van der Waals surface area contributed by atoms with Crippen molar-refractivity contribution in [1.29, 1.82) is 0 Å². The van der Waals surface area contributed by atoms with E-state index < -0.39 is 14.9 Å². The quantitative estimate of drug-likeness (QED) is 0.587. The molecule has 0 bridgehead atoms. The van der Waals surface area contributed by atoms with E-state index in [0.717, 1.165) is 10.4 Å². The molecule has 1 heterocycles. The third-order valence-corrected chi connectivity index (χ3v) is 5.83. The number of rotatable bonds is 5. The van der Waals surface area contributed by atoms with Gasteiger partial charge in [-0.15, -0.1) is 0 Å². The van der Waals surface area contributed by atoms with Crippen LogP contribution in [0.15, 0.2) is 29.2 Å². The molecule has 0 aliphatic rings. The van der Waals surface area contributed by atoms with Gasteiger partial charge >= 0.3 is 0 Å². The third-order valence-electron chi connectivity index (χ3n) is 3.10. The fourth-order valence-corrected chi connectivity index (χ4v) is 3.40. The molecule has 0 saturated carbocycles. The highest BCUT2D eigenvalue weighted by Gasteiger charge is 2.25. The summed E-state index contributed by atoms with van der Waals surface area (Å²) in [7, 11) is -1.03. The van der Waals surface area contributed by atoms with Crippen LogP contribution in [-0.4, -0.2) is 34.5 Å². The highest BCUT2D eigenvalue weighted by Crippen LogP contribution is 2.27. The Morgan fingerprint density at radius 2 is 2.04 bits per heavy atom. The first-order valence-electron chi connectivity index (χ1n) is 6.22. The van der Waals surface area contributed by atoms with Crippen LogP contribution in [0.5, 0.6) is 0 Å². The first-order chi connectivity index (χ1) is 10.6. The second kappa shape index (κ2) is 6.44. The third kappa shape index (κ3) is 3.47. The van der Waals surface area contributed by atoms with Gasteiger partial charge in [-0.1, -0.05) is 29.3 Å². The number of benzene rings is 1. The van der Waals surface area contributed by atoms with Crippen molar-refractivity contribution in [2.24, 2.45) is 7.05 Å². The molecule has 0 fully saturated rings.